The molecule has 0 atom stereocenters. The van der Waals surface area contributed by atoms with Crippen LogP contribution in [0.15, 0.2) is 64.3 Å². The van der Waals surface area contributed by atoms with Crippen molar-refractivity contribution in [3.05, 3.63) is 98.5 Å². The number of halogens is 2. The second-order valence-corrected chi connectivity index (χ2v) is 7.39. The Morgan fingerprint density at radius 1 is 1.06 bits per heavy atom. The van der Waals surface area contributed by atoms with Crippen molar-refractivity contribution >= 4 is 17.4 Å². The number of aromatic nitrogens is 4. The smallest absolute Gasteiger partial charge is 0.351 e. The van der Waals surface area contributed by atoms with Crippen molar-refractivity contribution in [1.82, 2.24) is 19.3 Å². The van der Waals surface area contributed by atoms with E-state index >= 15 is 0 Å². The van der Waals surface area contributed by atoms with Crippen LogP contribution >= 0.6 is 0 Å². The highest BCUT2D eigenvalue weighted by atomic mass is 19.1. The first kappa shape index (κ1) is 23.3. The van der Waals surface area contributed by atoms with Crippen molar-refractivity contribution in [1.29, 1.82) is 0 Å². The van der Waals surface area contributed by atoms with Gasteiger partial charge in [-0.1, -0.05) is 0 Å². The third-order valence-electron chi connectivity index (χ3n) is 5.03. The maximum absolute atomic E-state index is 14.7. The predicted octanol–water partition coefficient (Wildman–Crippen LogP) is 2.54. The van der Waals surface area contributed by atoms with Crippen LogP contribution in [0.5, 0.6) is 11.5 Å². The van der Waals surface area contributed by atoms with Gasteiger partial charge in [0.1, 0.15) is 17.4 Å². The summed E-state index contributed by atoms with van der Waals surface area (Å²) in [6.07, 6.45) is 1.42. The molecule has 4 rings (SSSR count). The number of nitrogens with two attached hydrogens (primary N) is 1. The van der Waals surface area contributed by atoms with Gasteiger partial charge in [0.25, 0.3) is 11.5 Å². The summed E-state index contributed by atoms with van der Waals surface area (Å²) < 4.78 is 34.9. The van der Waals surface area contributed by atoms with Crippen LogP contribution in [0.2, 0.25) is 0 Å². The van der Waals surface area contributed by atoms with Crippen LogP contribution in [-0.2, 0) is 7.05 Å². The normalized spacial score (nSPS) is 10.7. The van der Waals surface area contributed by atoms with Gasteiger partial charge in [-0.15, -0.1) is 0 Å². The molecule has 3 N–H and O–H groups in total. The van der Waals surface area contributed by atoms with Gasteiger partial charge in [0.2, 0.25) is 5.69 Å². The Labute approximate surface area is 196 Å². The zero-order valence-electron chi connectivity index (χ0n) is 18.5. The SMILES string of the molecule is Cc1c(Oc2ccc(NC(=O)c3nn(C)c(=O)n(-c4ccc(F)cc4)c3=O)cc2F)ccnc1N. The van der Waals surface area contributed by atoms with E-state index in [-0.39, 0.29) is 22.9 Å². The van der Waals surface area contributed by atoms with E-state index in [2.05, 4.69) is 15.4 Å². The molecule has 4 aromatic rings. The van der Waals surface area contributed by atoms with Gasteiger partial charge in [0.05, 0.1) is 5.69 Å². The van der Waals surface area contributed by atoms with Crippen molar-refractivity contribution < 1.29 is 18.3 Å². The highest BCUT2D eigenvalue weighted by Crippen LogP contribution is 2.30. The first-order valence-corrected chi connectivity index (χ1v) is 10.1. The van der Waals surface area contributed by atoms with Crippen LogP contribution in [0, 0.1) is 18.6 Å². The lowest BCUT2D eigenvalue weighted by Gasteiger charge is -2.12. The van der Waals surface area contributed by atoms with E-state index in [1.807, 2.05) is 0 Å². The molecule has 10 nitrogen and oxygen atoms in total. The third kappa shape index (κ3) is 4.62. The molecule has 0 saturated carbocycles. The average molecular weight is 480 g/mol. The molecule has 0 bridgehead atoms. The molecule has 0 spiro atoms. The number of aryl methyl sites for hydroxylation is 1. The Hall–Kier alpha value is -4.87. The lowest BCUT2D eigenvalue weighted by atomic mass is 10.2. The van der Waals surface area contributed by atoms with Crippen molar-refractivity contribution in [2.75, 3.05) is 11.1 Å². The lowest BCUT2D eigenvalue weighted by Crippen LogP contribution is -2.43. The van der Waals surface area contributed by atoms with E-state index in [1.165, 1.54) is 43.6 Å². The monoisotopic (exact) mass is 480 g/mol. The number of rotatable bonds is 5. The maximum atomic E-state index is 14.7. The molecule has 35 heavy (non-hydrogen) atoms. The summed E-state index contributed by atoms with van der Waals surface area (Å²) in [6, 6.07) is 9.72. The summed E-state index contributed by atoms with van der Waals surface area (Å²) in [6.45, 7) is 1.67. The minimum absolute atomic E-state index is 0.00852. The standard InChI is InChI=1S/C23H18F2N6O4/c1-12-17(9-10-27-20(12)26)35-18-8-5-14(11-16(18)25)28-21(32)19-22(33)31(23(34)30(2)29-19)15-6-3-13(24)4-7-15/h3-11H,1-2H3,(H2,26,27)(H,28,32). The van der Waals surface area contributed by atoms with E-state index in [0.717, 1.165) is 22.9 Å². The maximum Gasteiger partial charge on any atom is 0.351 e. The zero-order valence-corrected chi connectivity index (χ0v) is 18.5. The fraction of sp³-hybridized carbons (Fsp3) is 0.0870. The van der Waals surface area contributed by atoms with Crippen molar-refractivity contribution in [2.24, 2.45) is 7.05 Å². The summed E-state index contributed by atoms with van der Waals surface area (Å²) in [4.78, 5) is 42.0. The predicted molar refractivity (Wildman–Crippen MR) is 123 cm³/mol. The molecule has 2 aromatic heterocycles. The van der Waals surface area contributed by atoms with Gasteiger partial charge < -0.3 is 15.8 Å². The summed E-state index contributed by atoms with van der Waals surface area (Å²) in [7, 11) is 1.25. The van der Waals surface area contributed by atoms with Crippen LogP contribution in [0.25, 0.3) is 5.69 Å². The molecule has 0 fully saturated rings. The lowest BCUT2D eigenvalue weighted by molar-refractivity contribution is 0.101. The molecular weight excluding hydrogens is 462 g/mol. The highest BCUT2D eigenvalue weighted by molar-refractivity contribution is 6.02. The van der Waals surface area contributed by atoms with E-state index in [4.69, 9.17) is 10.5 Å². The molecule has 2 aromatic carbocycles. The molecule has 0 aliphatic heterocycles. The molecular formula is C23H18F2N6O4. The highest BCUT2D eigenvalue weighted by Gasteiger charge is 2.20. The Balaban J connectivity index is 1.62. The minimum atomic E-state index is -1.02. The number of benzene rings is 2. The topological polar surface area (TPSA) is 134 Å². The number of pyridine rings is 1. The molecule has 1 amide bonds. The number of carbonyl (C=O) groups is 1. The number of nitrogen functional groups attached to an aromatic ring is 1. The first-order chi connectivity index (χ1) is 16.7. The van der Waals surface area contributed by atoms with E-state index < -0.39 is 34.5 Å². The van der Waals surface area contributed by atoms with Gasteiger partial charge in [-0.25, -0.2) is 27.8 Å². The number of anilines is 2. The van der Waals surface area contributed by atoms with E-state index in [1.54, 1.807) is 6.92 Å². The molecule has 0 aliphatic rings. The van der Waals surface area contributed by atoms with Gasteiger partial charge in [-0.05, 0) is 49.4 Å². The van der Waals surface area contributed by atoms with Gasteiger partial charge in [-0.3, -0.25) is 9.59 Å². The van der Waals surface area contributed by atoms with Crippen molar-refractivity contribution in [3.8, 4) is 17.2 Å². The Morgan fingerprint density at radius 2 is 1.77 bits per heavy atom. The average Bonchev–Trinajstić information content (AvgIpc) is 2.82. The van der Waals surface area contributed by atoms with Crippen LogP contribution in [0.3, 0.4) is 0 Å². The van der Waals surface area contributed by atoms with Gasteiger partial charge in [-0.2, -0.15) is 5.10 Å². The summed E-state index contributed by atoms with van der Waals surface area (Å²) in [5.41, 5.74) is 3.83. The second kappa shape index (κ2) is 9.17. The summed E-state index contributed by atoms with van der Waals surface area (Å²) >= 11 is 0. The summed E-state index contributed by atoms with van der Waals surface area (Å²) in [5, 5.41) is 6.10. The number of nitrogens with zero attached hydrogens (tertiary/aromatic N) is 4. The third-order valence-corrected chi connectivity index (χ3v) is 5.03. The summed E-state index contributed by atoms with van der Waals surface area (Å²) in [5.74, 6) is -1.92. The van der Waals surface area contributed by atoms with Crippen LogP contribution in [-0.4, -0.2) is 25.2 Å². The molecule has 0 radical (unpaired) electrons. The Morgan fingerprint density at radius 3 is 2.46 bits per heavy atom. The molecule has 0 saturated heterocycles. The number of amides is 1. The van der Waals surface area contributed by atoms with Gasteiger partial charge in [0.15, 0.2) is 11.6 Å². The molecule has 178 valence electrons. The zero-order chi connectivity index (χ0) is 25.3. The fourth-order valence-corrected chi connectivity index (χ4v) is 3.15. The largest absolute Gasteiger partial charge is 0.454 e. The fourth-order valence-electron chi connectivity index (χ4n) is 3.15. The minimum Gasteiger partial charge on any atom is -0.454 e. The number of nitrogens with one attached hydrogen (secondary N) is 1. The van der Waals surface area contributed by atoms with E-state index in [9.17, 15) is 23.2 Å². The van der Waals surface area contributed by atoms with Crippen LogP contribution in [0.4, 0.5) is 20.3 Å². The number of hydrogen-bond donors (Lipinski definition) is 2. The van der Waals surface area contributed by atoms with E-state index in [0.29, 0.717) is 15.9 Å². The van der Waals surface area contributed by atoms with Crippen molar-refractivity contribution in [3.63, 3.8) is 0 Å². The first-order valence-electron chi connectivity index (χ1n) is 10.1. The van der Waals surface area contributed by atoms with Crippen molar-refractivity contribution in [2.45, 2.75) is 6.92 Å². The second-order valence-electron chi connectivity index (χ2n) is 7.39. The van der Waals surface area contributed by atoms with Gasteiger partial charge in [0, 0.05) is 30.6 Å². The van der Waals surface area contributed by atoms with Gasteiger partial charge >= 0.3 is 5.69 Å². The Bertz CT molecular complexity index is 1560. The quantitative estimate of drug-likeness (QED) is 0.448. The van der Waals surface area contributed by atoms with Crippen LogP contribution < -0.4 is 27.0 Å². The molecule has 0 unspecified atom stereocenters. The molecule has 2 heterocycles. The number of carbonyl (C=O) groups excluding carboxylic acids is 1. The number of ether oxygens (including phenoxy) is 1. The molecule has 0 aliphatic carbocycles. The molecule has 12 heteroatoms. The Kier molecular flexibility index (Phi) is 6.10. The van der Waals surface area contributed by atoms with Crippen LogP contribution in [0.1, 0.15) is 16.1 Å². The number of hydrogen-bond acceptors (Lipinski definition) is 7.